The Morgan fingerprint density at radius 3 is 1.23 bits per heavy atom. The molecule has 3 heteroatoms. The fourth-order valence-corrected chi connectivity index (χ4v) is 6.61. The van der Waals surface area contributed by atoms with Crippen molar-refractivity contribution < 1.29 is 50.7 Å². The van der Waals surface area contributed by atoms with Crippen LogP contribution in [0.4, 0.5) is 0 Å². The van der Waals surface area contributed by atoms with Gasteiger partial charge in [-0.05, 0) is 103 Å². The van der Waals surface area contributed by atoms with Crippen molar-refractivity contribution in [3.05, 3.63) is 117 Å². The van der Waals surface area contributed by atoms with Gasteiger partial charge < -0.3 is 24.8 Å². The summed E-state index contributed by atoms with van der Waals surface area (Å²) in [6, 6.07) is 27.8. The molecule has 4 aromatic rings. The first-order chi connectivity index (χ1) is 17.1. The molecule has 0 radical (unpaired) electrons. The number of hydrogen-bond donors (Lipinski definition) is 0. The number of aryl methyl sites for hydroxylation is 2. The van der Waals surface area contributed by atoms with Crippen molar-refractivity contribution in [3.63, 3.8) is 0 Å². The third kappa shape index (κ3) is 5.61. The molecule has 0 heterocycles. The van der Waals surface area contributed by atoms with E-state index in [1.807, 2.05) is 0 Å². The van der Waals surface area contributed by atoms with Crippen LogP contribution in [-0.2, 0) is 62.4 Å². The van der Waals surface area contributed by atoms with E-state index in [2.05, 4.69) is 114 Å². The molecule has 2 aliphatic carbocycles. The zero-order chi connectivity index (χ0) is 25.2. The monoisotopic (exact) mass is 720 g/mol. The van der Waals surface area contributed by atoms with E-state index in [4.69, 9.17) is 0 Å². The first-order valence-electron chi connectivity index (χ1n) is 13.6. The van der Waals surface area contributed by atoms with Crippen LogP contribution in [0.3, 0.4) is 0 Å². The van der Waals surface area contributed by atoms with Gasteiger partial charge in [-0.2, -0.15) is 0 Å². The Morgan fingerprint density at radius 2 is 0.872 bits per heavy atom. The largest absolute Gasteiger partial charge is 2.00 e. The zero-order valence-electron chi connectivity index (χ0n) is 24.0. The molecule has 0 saturated heterocycles. The second kappa shape index (κ2) is 11.7. The van der Waals surface area contributed by atoms with Gasteiger partial charge >= 0.3 is 25.8 Å². The predicted molar refractivity (Wildman–Crippen MR) is 154 cm³/mol. The first-order valence-corrected chi connectivity index (χ1v) is 13.6. The Hall–Kier alpha value is -1.67. The van der Waals surface area contributed by atoms with E-state index in [-0.39, 0.29) is 61.5 Å². The molecule has 39 heavy (non-hydrogen) atoms. The average molecular weight is 720 g/mol. The van der Waals surface area contributed by atoms with Gasteiger partial charge in [-0.25, -0.2) is 0 Å². The Kier molecular flexibility index (Phi) is 9.53. The summed E-state index contributed by atoms with van der Waals surface area (Å²) in [5.41, 5.74) is 18.3. The SMILES string of the molecule is CC(C)(C)c1ccc(CCc2ccc(C(C)(C)C)c3c2Cc2ccccc2-3)c2c1-c1ccccc1C2.[Cl-].[Cl-].[Hf+2]. The summed E-state index contributed by atoms with van der Waals surface area (Å²) in [6.45, 7) is 14.1. The molecule has 0 bridgehead atoms. The summed E-state index contributed by atoms with van der Waals surface area (Å²) >= 11 is 0. The molecule has 0 nitrogen and oxygen atoms in total. The van der Waals surface area contributed by atoms with Crippen molar-refractivity contribution >= 4 is 0 Å². The van der Waals surface area contributed by atoms with Crippen molar-refractivity contribution in [1.29, 1.82) is 0 Å². The Bertz CT molecular complexity index is 1390. The molecule has 6 rings (SSSR count). The third-order valence-electron chi connectivity index (χ3n) is 8.41. The molecule has 0 spiro atoms. The van der Waals surface area contributed by atoms with Gasteiger partial charge in [-0.3, -0.25) is 0 Å². The molecule has 200 valence electrons. The van der Waals surface area contributed by atoms with E-state index < -0.39 is 0 Å². The molecular formula is C36H38Cl2Hf. The Balaban J connectivity index is 0.00000140. The fraction of sp³-hybridized carbons (Fsp3) is 0.333. The second-order valence-electron chi connectivity index (χ2n) is 12.9. The van der Waals surface area contributed by atoms with Crippen molar-refractivity contribution in [1.82, 2.24) is 0 Å². The summed E-state index contributed by atoms with van der Waals surface area (Å²) in [4.78, 5) is 0. The van der Waals surface area contributed by atoms with Crippen LogP contribution >= 0.6 is 0 Å². The van der Waals surface area contributed by atoms with Crippen LogP contribution < -0.4 is 24.8 Å². The van der Waals surface area contributed by atoms with Crippen LogP contribution in [0.5, 0.6) is 0 Å². The maximum absolute atomic E-state index is 2.43. The summed E-state index contributed by atoms with van der Waals surface area (Å²) in [5.74, 6) is 0. The van der Waals surface area contributed by atoms with Crippen molar-refractivity contribution in [2.24, 2.45) is 0 Å². The first kappa shape index (κ1) is 31.9. The summed E-state index contributed by atoms with van der Waals surface area (Å²) in [5, 5.41) is 0. The quantitative estimate of drug-likeness (QED) is 0.247. The molecule has 0 amide bonds. The average Bonchev–Trinajstić information content (AvgIpc) is 3.40. The zero-order valence-corrected chi connectivity index (χ0v) is 29.1. The topological polar surface area (TPSA) is 0 Å². The Labute approximate surface area is 266 Å². The molecule has 0 aliphatic heterocycles. The van der Waals surface area contributed by atoms with E-state index in [9.17, 15) is 0 Å². The van der Waals surface area contributed by atoms with E-state index in [0.717, 1.165) is 25.7 Å². The number of benzene rings is 4. The molecule has 0 N–H and O–H groups in total. The number of fused-ring (bicyclic) bond motifs is 6. The van der Waals surface area contributed by atoms with Gasteiger partial charge in [0.05, 0.1) is 0 Å². The maximum atomic E-state index is 2.43. The maximum Gasteiger partial charge on any atom is 2.00 e. The standard InChI is InChI=1S/C36H38.2ClH.Hf/c1-35(2,3)31-19-17-23(29-21-25-11-7-9-13-27(25)33(29)31)15-16-24-18-20-32(36(4,5)6)34-28-14-10-8-12-26(28)22-30(24)34;;;/h7-14,17-20H,15-16,21-22H2,1-6H3;2*1H;/q;;;+2/p-2. The van der Waals surface area contributed by atoms with Crippen molar-refractivity contribution in [2.75, 3.05) is 0 Å². The van der Waals surface area contributed by atoms with Crippen LogP contribution in [-0.4, -0.2) is 0 Å². The smallest absolute Gasteiger partial charge is 1.00 e. The molecule has 0 fully saturated rings. The fourth-order valence-electron chi connectivity index (χ4n) is 6.61. The molecule has 0 saturated carbocycles. The molecular weight excluding hydrogens is 682 g/mol. The minimum absolute atomic E-state index is 0. The van der Waals surface area contributed by atoms with Crippen LogP contribution in [0.15, 0.2) is 72.8 Å². The van der Waals surface area contributed by atoms with Gasteiger partial charge in [-0.15, -0.1) is 0 Å². The van der Waals surface area contributed by atoms with Crippen LogP contribution in [0, 0.1) is 0 Å². The van der Waals surface area contributed by atoms with Gasteiger partial charge in [0.2, 0.25) is 0 Å². The van der Waals surface area contributed by atoms with E-state index in [1.54, 1.807) is 11.1 Å². The van der Waals surface area contributed by atoms with Gasteiger partial charge in [0.25, 0.3) is 0 Å². The summed E-state index contributed by atoms with van der Waals surface area (Å²) < 4.78 is 0. The van der Waals surface area contributed by atoms with E-state index in [1.165, 1.54) is 55.6 Å². The molecule has 0 atom stereocenters. The van der Waals surface area contributed by atoms with E-state index >= 15 is 0 Å². The van der Waals surface area contributed by atoms with Crippen LogP contribution in [0.1, 0.15) is 86.1 Å². The summed E-state index contributed by atoms with van der Waals surface area (Å²) in [7, 11) is 0. The van der Waals surface area contributed by atoms with E-state index in [0.29, 0.717) is 0 Å². The van der Waals surface area contributed by atoms with Crippen LogP contribution in [0.2, 0.25) is 0 Å². The second-order valence-corrected chi connectivity index (χ2v) is 12.9. The molecule has 0 aromatic heterocycles. The third-order valence-corrected chi connectivity index (χ3v) is 8.41. The molecule has 4 aromatic carbocycles. The Morgan fingerprint density at radius 1 is 0.513 bits per heavy atom. The van der Waals surface area contributed by atoms with Crippen molar-refractivity contribution in [2.45, 2.75) is 78.1 Å². The number of halogens is 2. The van der Waals surface area contributed by atoms with Crippen molar-refractivity contribution in [3.8, 4) is 22.3 Å². The van der Waals surface area contributed by atoms with Gasteiger partial charge in [0.15, 0.2) is 0 Å². The normalized spacial score (nSPS) is 12.8. The molecule has 0 unspecified atom stereocenters. The minimum atomic E-state index is 0. The predicted octanol–water partition coefficient (Wildman–Crippen LogP) is 3.21. The minimum Gasteiger partial charge on any atom is -1.00 e. The number of rotatable bonds is 3. The number of hydrogen-bond acceptors (Lipinski definition) is 0. The van der Waals surface area contributed by atoms with Gasteiger partial charge in [-0.1, -0.05) is 114 Å². The summed E-state index contributed by atoms with van der Waals surface area (Å²) in [6.07, 6.45) is 4.32. The molecule has 2 aliphatic rings. The van der Waals surface area contributed by atoms with Crippen LogP contribution in [0.25, 0.3) is 22.3 Å². The van der Waals surface area contributed by atoms with Gasteiger partial charge in [0, 0.05) is 0 Å². The van der Waals surface area contributed by atoms with Gasteiger partial charge in [0.1, 0.15) is 0 Å².